The molecule has 21 heavy (non-hydrogen) atoms. The summed E-state index contributed by atoms with van der Waals surface area (Å²) >= 11 is 3.28. The van der Waals surface area contributed by atoms with E-state index in [1.807, 2.05) is 25.1 Å². The fourth-order valence-corrected chi connectivity index (χ4v) is 2.57. The van der Waals surface area contributed by atoms with Gasteiger partial charge in [-0.25, -0.2) is 4.98 Å². The van der Waals surface area contributed by atoms with E-state index in [1.54, 1.807) is 0 Å². The fourth-order valence-electron chi connectivity index (χ4n) is 2.13. The summed E-state index contributed by atoms with van der Waals surface area (Å²) in [4.78, 5) is 7.42. The van der Waals surface area contributed by atoms with Crippen LogP contribution in [0.1, 0.15) is 11.1 Å². The molecule has 0 bridgehead atoms. The smallest absolute Gasteiger partial charge is 0.338 e. The number of nitrogens with zero attached hydrogens (tertiary/aromatic N) is 1. The summed E-state index contributed by atoms with van der Waals surface area (Å²) in [5.74, 6) is 0.411. The highest BCUT2D eigenvalue weighted by molar-refractivity contribution is 9.10. The molecule has 3 rings (SSSR count). The van der Waals surface area contributed by atoms with Crippen molar-refractivity contribution in [2.75, 3.05) is 0 Å². The van der Waals surface area contributed by atoms with E-state index in [2.05, 4.69) is 25.9 Å². The van der Waals surface area contributed by atoms with Crippen LogP contribution in [0.25, 0.3) is 22.4 Å². The van der Waals surface area contributed by atoms with Crippen LogP contribution in [0.3, 0.4) is 0 Å². The molecule has 2 aromatic carbocycles. The van der Waals surface area contributed by atoms with Gasteiger partial charge < -0.3 is 4.98 Å². The van der Waals surface area contributed by atoms with Crippen LogP contribution in [0.15, 0.2) is 40.9 Å². The van der Waals surface area contributed by atoms with Gasteiger partial charge in [-0.1, -0.05) is 22.0 Å². The van der Waals surface area contributed by atoms with Crippen molar-refractivity contribution in [2.24, 2.45) is 0 Å². The highest BCUT2D eigenvalue weighted by atomic mass is 79.9. The number of H-pyrrole nitrogens is 1. The van der Waals surface area contributed by atoms with Crippen LogP contribution in [0.2, 0.25) is 0 Å². The molecule has 1 N–H and O–H groups in total. The summed E-state index contributed by atoms with van der Waals surface area (Å²) in [7, 11) is 0. The number of aryl methyl sites for hydroxylation is 1. The number of alkyl halides is 3. The minimum Gasteiger partial charge on any atom is -0.338 e. The SMILES string of the molecule is Cc1ccc2nc(-c3cc(C(F)(F)F)ccc3Br)[nH]c2c1. The third-order valence-corrected chi connectivity index (χ3v) is 3.88. The first-order valence-electron chi connectivity index (χ1n) is 6.18. The summed E-state index contributed by atoms with van der Waals surface area (Å²) < 4.78 is 39.0. The fraction of sp³-hybridized carbons (Fsp3) is 0.133. The lowest BCUT2D eigenvalue weighted by molar-refractivity contribution is -0.137. The van der Waals surface area contributed by atoms with Gasteiger partial charge in [0.1, 0.15) is 5.82 Å². The molecular formula is C15H10BrF3N2. The number of rotatable bonds is 1. The van der Waals surface area contributed by atoms with Gasteiger partial charge in [0.2, 0.25) is 0 Å². The molecule has 0 fully saturated rings. The minimum atomic E-state index is -4.38. The molecule has 2 nitrogen and oxygen atoms in total. The number of aromatic amines is 1. The standard InChI is InChI=1S/C15H10BrF3N2/c1-8-2-5-12-13(6-8)21-14(20-12)10-7-9(15(17,18)19)3-4-11(10)16/h2-7H,1H3,(H,20,21). The molecule has 1 heterocycles. The number of nitrogens with one attached hydrogen (secondary N) is 1. The second kappa shape index (κ2) is 4.87. The number of halogens is 4. The Labute approximate surface area is 127 Å². The molecule has 0 saturated heterocycles. The first-order chi connectivity index (χ1) is 9.84. The molecule has 0 atom stereocenters. The maximum atomic E-state index is 12.8. The van der Waals surface area contributed by atoms with E-state index in [0.717, 1.165) is 28.7 Å². The second-order valence-corrected chi connectivity index (χ2v) is 5.65. The Morgan fingerprint density at radius 2 is 1.86 bits per heavy atom. The zero-order valence-electron chi connectivity index (χ0n) is 10.9. The van der Waals surface area contributed by atoms with Crippen molar-refractivity contribution < 1.29 is 13.2 Å². The van der Waals surface area contributed by atoms with E-state index in [9.17, 15) is 13.2 Å². The lowest BCUT2D eigenvalue weighted by Gasteiger charge is -2.09. The molecule has 108 valence electrons. The molecule has 0 spiro atoms. The van der Waals surface area contributed by atoms with Gasteiger partial charge in [-0.15, -0.1) is 0 Å². The Morgan fingerprint density at radius 1 is 1.10 bits per heavy atom. The maximum absolute atomic E-state index is 12.8. The van der Waals surface area contributed by atoms with Crippen LogP contribution in [-0.2, 0) is 6.18 Å². The van der Waals surface area contributed by atoms with Gasteiger partial charge in [0, 0.05) is 10.0 Å². The van der Waals surface area contributed by atoms with Crippen LogP contribution in [-0.4, -0.2) is 9.97 Å². The maximum Gasteiger partial charge on any atom is 0.416 e. The van der Waals surface area contributed by atoms with Crippen molar-refractivity contribution in [1.82, 2.24) is 9.97 Å². The molecule has 0 aliphatic rings. The van der Waals surface area contributed by atoms with E-state index < -0.39 is 11.7 Å². The van der Waals surface area contributed by atoms with Crippen LogP contribution in [0.5, 0.6) is 0 Å². The van der Waals surface area contributed by atoms with Crippen LogP contribution < -0.4 is 0 Å². The number of aromatic nitrogens is 2. The van der Waals surface area contributed by atoms with Crippen LogP contribution >= 0.6 is 15.9 Å². The molecular weight excluding hydrogens is 345 g/mol. The van der Waals surface area contributed by atoms with Gasteiger partial charge in [-0.05, 0) is 42.8 Å². The second-order valence-electron chi connectivity index (χ2n) is 4.80. The Hall–Kier alpha value is -1.82. The molecule has 0 unspecified atom stereocenters. The minimum absolute atomic E-state index is 0.388. The Kier molecular flexibility index (Phi) is 3.28. The highest BCUT2D eigenvalue weighted by Gasteiger charge is 2.31. The molecule has 0 saturated carbocycles. The van der Waals surface area contributed by atoms with Crippen molar-refractivity contribution in [3.63, 3.8) is 0 Å². The Balaban J connectivity index is 2.17. The molecule has 6 heteroatoms. The molecule has 0 aliphatic heterocycles. The van der Waals surface area contributed by atoms with Gasteiger partial charge in [0.15, 0.2) is 0 Å². The summed E-state index contributed by atoms with van der Waals surface area (Å²) in [5, 5.41) is 0. The zero-order valence-corrected chi connectivity index (χ0v) is 12.5. The number of hydrogen-bond acceptors (Lipinski definition) is 1. The largest absolute Gasteiger partial charge is 0.416 e. The van der Waals surface area contributed by atoms with Crippen molar-refractivity contribution >= 4 is 27.0 Å². The molecule has 1 aromatic heterocycles. The van der Waals surface area contributed by atoms with Crippen molar-refractivity contribution in [1.29, 1.82) is 0 Å². The van der Waals surface area contributed by atoms with Gasteiger partial charge in [0.05, 0.1) is 16.6 Å². The van der Waals surface area contributed by atoms with E-state index in [4.69, 9.17) is 0 Å². The van der Waals surface area contributed by atoms with Crippen molar-refractivity contribution in [2.45, 2.75) is 13.1 Å². The summed E-state index contributed by atoms with van der Waals surface area (Å²) in [6, 6.07) is 9.18. The average Bonchev–Trinajstić information content (AvgIpc) is 2.80. The zero-order chi connectivity index (χ0) is 15.2. The highest BCUT2D eigenvalue weighted by Crippen LogP contribution is 2.35. The topological polar surface area (TPSA) is 28.7 Å². The predicted molar refractivity (Wildman–Crippen MR) is 79.0 cm³/mol. The first kappa shape index (κ1) is 14.1. The number of fused-ring (bicyclic) bond motifs is 1. The number of hydrogen-bond donors (Lipinski definition) is 1. The molecule has 0 aliphatic carbocycles. The summed E-state index contributed by atoms with van der Waals surface area (Å²) in [6.45, 7) is 1.94. The molecule has 0 radical (unpaired) electrons. The first-order valence-corrected chi connectivity index (χ1v) is 6.97. The summed E-state index contributed by atoms with van der Waals surface area (Å²) in [5.41, 5.74) is 2.27. The summed E-state index contributed by atoms with van der Waals surface area (Å²) in [6.07, 6.45) is -4.38. The third-order valence-electron chi connectivity index (χ3n) is 3.19. The van der Waals surface area contributed by atoms with Gasteiger partial charge >= 0.3 is 6.18 Å². The van der Waals surface area contributed by atoms with Crippen molar-refractivity contribution in [3.05, 3.63) is 52.0 Å². The van der Waals surface area contributed by atoms with E-state index >= 15 is 0 Å². The lowest BCUT2D eigenvalue weighted by atomic mass is 10.1. The quantitative estimate of drug-likeness (QED) is 0.629. The molecule has 0 amide bonds. The normalized spacial score (nSPS) is 12.0. The van der Waals surface area contributed by atoms with E-state index in [1.165, 1.54) is 6.07 Å². The number of imidazole rings is 1. The number of benzene rings is 2. The average molecular weight is 355 g/mol. The Bertz CT molecular complexity index is 821. The van der Waals surface area contributed by atoms with Crippen LogP contribution in [0.4, 0.5) is 13.2 Å². The monoisotopic (exact) mass is 354 g/mol. The Morgan fingerprint density at radius 3 is 2.57 bits per heavy atom. The van der Waals surface area contributed by atoms with Crippen LogP contribution in [0, 0.1) is 6.92 Å². The van der Waals surface area contributed by atoms with Gasteiger partial charge in [-0.2, -0.15) is 13.2 Å². The van der Waals surface area contributed by atoms with Gasteiger partial charge in [0.25, 0.3) is 0 Å². The predicted octanol–water partition coefficient (Wildman–Crippen LogP) is 5.32. The molecule has 3 aromatic rings. The lowest BCUT2D eigenvalue weighted by Crippen LogP contribution is -2.05. The van der Waals surface area contributed by atoms with Crippen molar-refractivity contribution in [3.8, 4) is 11.4 Å². The van der Waals surface area contributed by atoms with E-state index in [0.29, 0.717) is 15.9 Å². The van der Waals surface area contributed by atoms with E-state index in [-0.39, 0.29) is 0 Å². The third kappa shape index (κ3) is 2.68. The van der Waals surface area contributed by atoms with Gasteiger partial charge in [-0.3, -0.25) is 0 Å².